The molecule has 0 unspecified atom stereocenters. The van der Waals surface area contributed by atoms with Gasteiger partial charge in [0.2, 0.25) is 5.91 Å². The van der Waals surface area contributed by atoms with Crippen LogP contribution in [0.25, 0.3) is 5.70 Å². The zero-order chi connectivity index (χ0) is 22.0. The molecule has 0 aromatic heterocycles. The molecule has 7 nitrogen and oxygen atoms in total. The van der Waals surface area contributed by atoms with Crippen molar-refractivity contribution in [3.8, 4) is 11.5 Å². The fraction of sp³-hybridized carbons (Fsp3) is 0.304. The largest absolute Gasteiger partial charge is 0.508 e. The highest BCUT2D eigenvalue weighted by Gasteiger charge is 2.39. The minimum absolute atomic E-state index is 0.0765. The lowest BCUT2D eigenvalue weighted by Crippen LogP contribution is -2.50. The second-order valence-corrected chi connectivity index (χ2v) is 8.34. The number of hydrogen-bond acceptors (Lipinski definition) is 5. The number of carbonyl (C=O) groups is 1. The fourth-order valence-electron chi connectivity index (χ4n) is 3.95. The maximum atomic E-state index is 11.7. The number of hydrogen-bond donors (Lipinski definition) is 4. The lowest BCUT2D eigenvalue weighted by atomic mass is 9.87. The standard InChI is InChI=1S/C23H26N4O3S/c1-15-5-3-4-6-19(15)24-22(31)26-25-20-14-23(9-11-27(12-10-23)16(2)28)30-21-8-7-17(29)13-18(20)21/h3-8,13-14,25,29H,9-12H2,1-2H3,(H2,24,26,31). The van der Waals surface area contributed by atoms with Gasteiger partial charge in [0.1, 0.15) is 17.1 Å². The third-order valence-electron chi connectivity index (χ3n) is 5.73. The van der Waals surface area contributed by atoms with Gasteiger partial charge in [-0.25, -0.2) is 0 Å². The van der Waals surface area contributed by atoms with Crippen molar-refractivity contribution in [1.82, 2.24) is 15.8 Å². The summed E-state index contributed by atoms with van der Waals surface area (Å²) >= 11 is 5.44. The number of hydrazine groups is 1. The van der Waals surface area contributed by atoms with Crippen LogP contribution < -0.4 is 20.9 Å². The van der Waals surface area contributed by atoms with Crippen molar-refractivity contribution < 1.29 is 14.6 Å². The molecule has 1 fully saturated rings. The van der Waals surface area contributed by atoms with E-state index in [2.05, 4.69) is 16.2 Å². The zero-order valence-electron chi connectivity index (χ0n) is 17.6. The molecule has 0 atom stereocenters. The summed E-state index contributed by atoms with van der Waals surface area (Å²) in [6.07, 6.45) is 3.39. The molecule has 2 aromatic carbocycles. The topological polar surface area (TPSA) is 85.9 Å². The van der Waals surface area contributed by atoms with Gasteiger partial charge in [-0.3, -0.25) is 15.6 Å². The highest BCUT2D eigenvalue weighted by Crippen LogP contribution is 2.41. The molecule has 162 valence electrons. The number of thiocarbonyl (C=S) groups is 1. The Morgan fingerprint density at radius 3 is 2.65 bits per heavy atom. The third-order valence-corrected chi connectivity index (χ3v) is 5.94. The highest BCUT2D eigenvalue weighted by atomic mass is 32.1. The van der Waals surface area contributed by atoms with E-state index in [1.165, 1.54) is 0 Å². The molecule has 0 aliphatic carbocycles. The zero-order valence-corrected chi connectivity index (χ0v) is 18.4. The van der Waals surface area contributed by atoms with Crippen molar-refractivity contribution in [2.75, 3.05) is 18.4 Å². The van der Waals surface area contributed by atoms with E-state index in [4.69, 9.17) is 17.0 Å². The summed E-state index contributed by atoms with van der Waals surface area (Å²) in [6, 6.07) is 12.9. The number of carbonyl (C=O) groups excluding carboxylic acids is 1. The van der Waals surface area contributed by atoms with Crippen LogP contribution in [0, 0.1) is 6.92 Å². The molecule has 8 heteroatoms. The van der Waals surface area contributed by atoms with E-state index < -0.39 is 5.60 Å². The number of fused-ring (bicyclic) bond motifs is 1. The number of piperidine rings is 1. The molecule has 2 aromatic rings. The van der Waals surface area contributed by atoms with Crippen LogP contribution in [0.2, 0.25) is 0 Å². The lowest BCUT2D eigenvalue weighted by molar-refractivity contribution is -0.131. The van der Waals surface area contributed by atoms with Gasteiger partial charge in [-0.15, -0.1) is 0 Å². The monoisotopic (exact) mass is 438 g/mol. The number of nitrogens with one attached hydrogen (secondary N) is 3. The van der Waals surface area contributed by atoms with Crippen LogP contribution in [0.5, 0.6) is 11.5 Å². The molecule has 0 bridgehead atoms. The number of amides is 1. The van der Waals surface area contributed by atoms with E-state index in [1.807, 2.05) is 42.2 Å². The number of phenols is 1. The molecular formula is C23H26N4O3S. The molecule has 2 heterocycles. The number of likely N-dealkylation sites (tertiary alicyclic amines) is 1. The van der Waals surface area contributed by atoms with Crippen LogP contribution >= 0.6 is 12.2 Å². The maximum Gasteiger partial charge on any atom is 0.219 e. The van der Waals surface area contributed by atoms with Crippen LogP contribution in [0.4, 0.5) is 5.69 Å². The molecule has 31 heavy (non-hydrogen) atoms. The minimum atomic E-state index is -0.523. The van der Waals surface area contributed by atoms with E-state index in [0.29, 0.717) is 36.8 Å². The number of para-hydroxylation sites is 1. The van der Waals surface area contributed by atoms with Crippen LogP contribution in [0.15, 0.2) is 48.5 Å². The van der Waals surface area contributed by atoms with Crippen LogP contribution in [0.1, 0.15) is 30.9 Å². The van der Waals surface area contributed by atoms with E-state index in [1.54, 1.807) is 25.1 Å². The van der Waals surface area contributed by atoms with Crippen LogP contribution in [-0.4, -0.2) is 39.7 Å². The summed E-state index contributed by atoms with van der Waals surface area (Å²) in [7, 11) is 0. The quantitative estimate of drug-likeness (QED) is 0.432. The molecule has 0 radical (unpaired) electrons. The normalized spacial score (nSPS) is 16.6. The summed E-state index contributed by atoms with van der Waals surface area (Å²) in [5, 5.41) is 13.6. The number of benzene rings is 2. The van der Waals surface area contributed by atoms with Gasteiger partial charge in [0, 0.05) is 44.1 Å². The average Bonchev–Trinajstić information content (AvgIpc) is 2.74. The highest BCUT2D eigenvalue weighted by molar-refractivity contribution is 7.80. The number of phenolic OH excluding ortho intramolecular Hbond substituents is 1. The lowest BCUT2D eigenvalue weighted by Gasteiger charge is -2.42. The van der Waals surface area contributed by atoms with Crippen molar-refractivity contribution >= 4 is 34.6 Å². The molecule has 1 spiro atoms. The minimum Gasteiger partial charge on any atom is -0.508 e. The maximum absolute atomic E-state index is 11.7. The Morgan fingerprint density at radius 2 is 1.94 bits per heavy atom. The summed E-state index contributed by atoms with van der Waals surface area (Å²) in [5.74, 6) is 0.907. The van der Waals surface area contributed by atoms with Crippen LogP contribution in [-0.2, 0) is 4.79 Å². The molecule has 1 saturated heterocycles. The van der Waals surface area contributed by atoms with Gasteiger partial charge in [-0.2, -0.15) is 0 Å². The molecule has 0 saturated carbocycles. The first-order valence-corrected chi connectivity index (χ1v) is 10.7. The van der Waals surface area contributed by atoms with E-state index in [9.17, 15) is 9.90 Å². The average molecular weight is 439 g/mol. The Bertz CT molecular complexity index is 1040. The van der Waals surface area contributed by atoms with Gasteiger partial charge in [0.05, 0.1) is 5.70 Å². The van der Waals surface area contributed by atoms with Crippen molar-refractivity contribution in [3.63, 3.8) is 0 Å². The van der Waals surface area contributed by atoms with E-state index >= 15 is 0 Å². The number of nitrogens with zero attached hydrogens (tertiary/aromatic N) is 1. The molecule has 4 rings (SSSR count). The number of aromatic hydroxyl groups is 1. The van der Waals surface area contributed by atoms with Crippen LogP contribution in [0.3, 0.4) is 0 Å². The van der Waals surface area contributed by atoms with E-state index in [0.717, 1.165) is 22.5 Å². The number of rotatable bonds is 3. The summed E-state index contributed by atoms with van der Waals surface area (Å²) in [4.78, 5) is 13.6. The van der Waals surface area contributed by atoms with Crippen molar-refractivity contribution in [2.24, 2.45) is 0 Å². The Morgan fingerprint density at radius 1 is 1.19 bits per heavy atom. The first-order chi connectivity index (χ1) is 14.8. The first-order valence-electron chi connectivity index (χ1n) is 10.2. The van der Waals surface area contributed by atoms with Crippen molar-refractivity contribution in [1.29, 1.82) is 0 Å². The summed E-state index contributed by atoms with van der Waals surface area (Å²) in [6.45, 7) is 4.86. The van der Waals surface area contributed by atoms with Gasteiger partial charge in [0.25, 0.3) is 0 Å². The Kier molecular flexibility index (Phi) is 5.73. The molecular weight excluding hydrogens is 412 g/mol. The van der Waals surface area contributed by atoms with Gasteiger partial charge in [-0.05, 0) is 55.0 Å². The van der Waals surface area contributed by atoms with Gasteiger partial charge in [0.15, 0.2) is 5.11 Å². The number of anilines is 1. The van der Waals surface area contributed by atoms with Gasteiger partial charge >= 0.3 is 0 Å². The predicted octanol–water partition coefficient (Wildman–Crippen LogP) is 3.31. The Balaban J connectivity index is 1.53. The summed E-state index contributed by atoms with van der Waals surface area (Å²) < 4.78 is 6.35. The smallest absolute Gasteiger partial charge is 0.219 e. The first kappa shape index (κ1) is 21.0. The van der Waals surface area contributed by atoms with E-state index in [-0.39, 0.29) is 11.7 Å². The Labute approximate surface area is 187 Å². The second-order valence-electron chi connectivity index (χ2n) is 7.93. The molecule has 1 amide bonds. The third kappa shape index (κ3) is 4.59. The SMILES string of the molecule is CC(=O)N1CCC2(C=C(NNC(=S)Nc3ccccc3C)c3cc(O)ccc3O2)CC1. The Hall–Kier alpha value is -3.26. The van der Waals surface area contributed by atoms with Gasteiger partial charge in [-0.1, -0.05) is 18.2 Å². The second kappa shape index (κ2) is 8.47. The number of aryl methyl sites for hydroxylation is 1. The van der Waals surface area contributed by atoms with Crippen molar-refractivity contribution in [3.05, 3.63) is 59.7 Å². The molecule has 2 aliphatic heterocycles. The fourth-order valence-corrected chi connectivity index (χ4v) is 4.11. The van der Waals surface area contributed by atoms with Crippen molar-refractivity contribution in [2.45, 2.75) is 32.3 Å². The summed E-state index contributed by atoms with van der Waals surface area (Å²) in [5.41, 5.74) is 9.22. The number of ether oxygens (including phenoxy) is 1. The molecule has 4 N–H and O–H groups in total. The molecule has 2 aliphatic rings. The van der Waals surface area contributed by atoms with Gasteiger partial charge < -0.3 is 20.1 Å². The predicted molar refractivity (Wildman–Crippen MR) is 125 cm³/mol.